The summed E-state index contributed by atoms with van der Waals surface area (Å²) in [6, 6.07) is 15.3. The lowest BCUT2D eigenvalue weighted by Crippen LogP contribution is -2.28. The molecule has 1 aromatic heterocycles. The number of carbonyl (C=O) groups excluding carboxylic acids is 2. The van der Waals surface area contributed by atoms with Gasteiger partial charge in [0.05, 0.1) is 12.1 Å². The molecule has 2 aromatic carbocycles. The molecular formula is C22H22N4O3S. The summed E-state index contributed by atoms with van der Waals surface area (Å²) in [5, 5.41) is 8.10. The Bertz CT molecular complexity index is 1070. The van der Waals surface area contributed by atoms with Crippen molar-refractivity contribution in [3.63, 3.8) is 0 Å². The quantitative estimate of drug-likeness (QED) is 0.609. The van der Waals surface area contributed by atoms with Gasteiger partial charge in [-0.1, -0.05) is 36.4 Å². The first-order valence-corrected chi connectivity index (χ1v) is 10.6. The Morgan fingerprint density at radius 1 is 1.20 bits per heavy atom. The molecule has 0 bridgehead atoms. The number of aryl methyl sites for hydroxylation is 1. The Balaban J connectivity index is 1.36. The third-order valence-electron chi connectivity index (χ3n) is 4.73. The molecule has 4 rings (SSSR count). The van der Waals surface area contributed by atoms with Gasteiger partial charge >= 0.3 is 6.03 Å². The van der Waals surface area contributed by atoms with E-state index in [1.165, 1.54) is 11.3 Å². The molecular weight excluding hydrogens is 400 g/mol. The van der Waals surface area contributed by atoms with Crippen molar-refractivity contribution in [2.75, 3.05) is 18.0 Å². The molecule has 3 amide bonds. The Labute approximate surface area is 178 Å². The summed E-state index contributed by atoms with van der Waals surface area (Å²) in [7, 11) is 0. The largest absolute Gasteiger partial charge is 0.457 e. The van der Waals surface area contributed by atoms with E-state index >= 15 is 0 Å². The molecule has 2 N–H and O–H groups in total. The van der Waals surface area contributed by atoms with Gasteiger partial charge in [0, 0.05) is 30.6 Å². The number of hydrogen-bond donors (Lipinski definition) is 2. The molecule has 0 saturated carbocycles. The summed E-state index contributed by atoms with van der Waals surface area (Å²) in [6.45, 7) is 3.55. The highest BCUT2D eigenvalue weighted by molar-refractivity contribution is 7.14. The predicted molar refractivity (Wildman–Crippen MR) is 116 cm³/mol. The minimum atomic E-state index is -0.148. The average Bonchev–Trinajstić information content (AvgIpc) is 3.37. The van der Waals surface area contributed by atoms with E-state index in [0.717, 1.165) is 16.9 Å². The Kier molecular flexibility index (Phi) is 5.94. The third kappa shape index (κ3) is 4.60. The van der Waals surface area contributed by atoms with Crippen LogP contribution in [0.4, 0.5) is 9.93 Å². The van der Waals surface area contributed by atoms with E-state index in [2.05, 4.69) is 15.6 Å². The number of anilines is 1. The summed E-state index contributed by atoms with van der Waals surface area (Å²) < 4.78 is 6.06. The Morgan fingerprint density at radius 2 is 1.97 bits per heavy atom. The maximum atomic E-state index is 12.4. The van der Waals surface area contributed by atoms with E-state index in [1.54, 1.807) is 4.90 Å². The highest BCUT2D eigenvalue weighted by Gasteiger charge is 2.24. The minimum Gasteiger partial charge on any atom is -0.457 e. The number of aromatic nitrogens is 1. The number of nitrogens with one attached hydrogen (secondary N) is 2. The van der Waals surface area contributed by atoms with Gasteiger partial charge in [-0.25, -0.2) is 9.78 Å². The van der Waals surface area contributed by atoms with E-state index in [1.807, 2.05) is 60.8 Å². The molecule has 0 spiro atoms. The van der Waals surface area contributed by atoms with Gasteiger partial charge in [-0.2, -0.15) is 0 Å². The van der Waals surface area contributed by atoms with Crippen molar-refractivity contribution in [2.45, 2.75) is 19.9 Å². The summed E-state index contributed by atoms with van der Waals surface area (Å²) in [6.07, 6.45) is 0.160. The smallest absolute Gasteiger partial charge is 0.323 e. The van der Waals surface area contributed by atoms with Crippen molar-refractivity contribution in [3.05, 3.63) is 70.7 Å². The molecule has 1 fully saturated rings. The molecule has 1 saturated heterocycles. The SMILES string of the molecule is Cc1ccccc1Oc1ccccc1CNC(=O)Cc1csc(N2CCNC2=O)n1. The standard InChI is InChI=1S/C22H22N4O3S/c1-15-6-2-4-8-18(15)29-19-9-5-3-7-16(19)13-24-20(27)12-17-14-30-22(25-17)26-11-10-23-21(26)28/h2-9,14H,10-13H2,1H3,(H,23,28)(H,24,27). The average molecular weight is 423 g/mol. The molecule has 154 valence electrons. The number of carbonyl (C=O) groups is 2. The van der Waals surface area contributed by atoms with Gasteiger partial charge in [0.1, 0.15) is 11.5 Å². The highest BCUT2D eigenvalue weighted by atomic mass is 32.1. The van der Waals surface area contributed by atoms with Crippen LogP contribution in [0.25, 0.3) is 0 Å². The van der Waals surface area contributed by atoms with E-state index < -0.39 is 0 Å². The van der Waals surface area contributed by atoms with Gasteiger partial charge in [0.2, 0.25) is 5.91 Å². The first-order chi connectivity index (χ1) is 14.6. The molecule has 0 unspecified atom stereocenters. The summed E-state index contributed by atoms with van der Waals surface area (Å²) in [4.78, 5) is 30.2. The summed E-state index contributed by atoms with van der Waals surface area (Å²) in [5.41, 5.74) is 2.58. The molecule has 1 aliphatic rings. The molecule has 0 atom stereocenters. The van der Waals surface area contributed by atoms with Crippen molar-refractivity contribution in [3.8, 4) is 11.5 Å². The second-order valence-corrected chi connectivity index (χ2v) is 7.77. The lowest BCUT2D eigenvalue weighted by Gasteiger charge is -2.13. The number of ether oxygens (including phenoxy) is 1. The number of benzene rings is 2. The maximum Gasteiger partial charge on any atom is 0.323 e. The fourth-order valence-corrected chi connectivity index (χ4v) is 3.96. The predicted octanol–water partition coefficient (Wildman–Crippen LogP) is 3.63. The zero-order chi connectivity index (χ0) is 20.9. The number of para-hydroxylation sites is 2. The van der Waals surface area contributed by atoms with Crippen molar-refractivity contribution < 1.29 is 14.3 Å². The normalized spacial score (nSPS) is 13.2. The van der Waals surface area contributed by atoms with E-state index in [-0.39, 0.29) is 18.4 Å². The number of hydrogen-bond acceptors (Lipinski definition) is 5. The fraction of sp³-hybridized carbons (Fsp3) is 0.227. The van der Waals surface area contributed by atoms with Gasteiger partial charge in [-0.05, 0) is 24.6 Å². The maximum absolute atomic E-state index is 12.4. The second-order valence-electron chi connectivity index (χ2n) is 6.93. The molecule has 7 nitrogen and oxygen atoms in total. The highest BCUT2D eigenvalue weighted by Crippen LogP contribution is 2.27. The van der Waals surface area contributed by atoms with Crippen LogP contribution in [-0.4, -0.2) is 30.0 Å². The summed E-state index contributed by atoms with van der Waals surface area (Å²) in [5.74, 6) is 1.36. The van der Waals surface area contributed by atoms with Crippen molar-refractivity contribution in [1.29, 1.82) is 0 Å². The fourth-order valence-electron chi connectivity index (χ4n) is 3.12. The monoisotopic (exact) mass is 422 g/mol. The Morgan fingerprint density at radius 3 is 2.73 bits per heavy atom. The number of rotatable bonds is 7. The minimum absolute atomic E-state index is 0.136. The lowest BCUT2D eigenvalue weighted by atomic mass is 10.2. The van der Waals surface area contributed by atoms with Crippen molar-refractivity contribution in [1.82, 2.24) is 15.6 Å². The van der Waals surface area contributed by atoms with Crippen molar-refractivity contribution >= 4 is 28.4 Å². The van der Waals surface area contributed by atoms with Crippen LogP contribution in [0.2, 0.25) is 0 Å². The van der Waals surface area contributed by atoms with Gasteiger partial charge in [0.25, 0.3) is 0 Å². The number of urea groups is 1. The van der Waals surface area contributed by atoms with E-state index in [9.17, 15) is 9.59 Å². The van der Waals surface area contributed by atoms with E-state index in [4.69, 9.17) is 4.74 Å². The van der Waals surface area contributed by atoms with Gasteiger partial charge in [-0.15, -0.1) is 11.3 Å². The first-order valence-electron chi connectivity index (χ1n) is 9.68. The molecule has 8 heteroatoms. The number of nitrogens with zero attached hydrogens (tertiary/aromatic N) is 2. The van der Waals surface area contributed by atoms with E-state index in [0.29, 0.717) is 36.2 Å². The first kappa shape index (κ1) is 19.9. The number of thiazole rings is 1. The van der Waals surface area contributed by atoms with Gasteiger partial charge in [0.15, 0.2) is 5.13 Å². The van der Waals surface area contributed by atoms with Gasteiger partial charge < -0.3 is 15.4 Å². The third-order valence-corrected chi connectivity index (χ3v) is 5.64. The zero-order valence-corrected chi connectivity index (χ0v) is 17.4. The van der Waals surface area contributed by atoms with Crippen LogP contribution in [0.5, 0.6) is 11.5 Å². The molecule has 30 heavy (non-hydrogen) atoms. The summed E-state index contributed by atoms with van der Waals surface area (Å²) >= 11 is 1.37. The van der Waals surface area contributed by atoms with Crippen LogP contribution in [0.15, 0.2) is 53.9 Å². The van der Waals surface area contributed by atoms with Crippen LogP contribution in [-0.2, 0) is 17.8 Å². The topological polar surface area (TPSA) is 83.6 Å². The van der Waals surface area contributed by atoms with Gasteiger partial charge in [-0.3, -0.25) is 9.69 Å². The molecule has 1 aliphatic heterocycles. The molecule has 3 aromatic rings. The zero-order valence-electron chi connectivity index (χ0n) is 16.6. The van der Waals surface area contributed by atoms with Crippen LogP contribution in [0, 0.1) is 6.92 Å². The molecule has 0 radical (unpaired) electrons. The number of amides is 3. The Hall–Kier alpha value is -3.39. The molecule has 2 heterocycles. The molecule has 0 aliphatic carbocycles. The van der Waals surface area contributed by atoms with Crippen LogP contribution >= 0.6 is 11.3 Å². The van der Waals surface area contributed by atoms with Crippen LogP contribution in [0.3, 0.4) is 0 Å². The second kappa shape index (κ2) is 8.96. The van der Waals surface area contributed by atoms with Crippen LogP contribution < -0.4 is 20.3 Å². The van der Waals surface area contributed by atoms with Crippen LogP contribution in [0.1, 0.15) is 16.8 Å². The lowest BCUT2D eigenvalue weighted by molar-refractivity contribution is -0.120. The van der Waals surface area contributed by atoms with Crippen molar-refractivity contribution in [2.24, 2.45) is 0 Å².